The van der Waals surface area contributed by atoms with E-state index in [-0.39, 0.29) is 11.5 Å². The Labute approximate surface area is 182 Å². The third kappa shape index (κ3) is 5.01. The van der Waals surface area contributed by atoms with Crippen LogP contribution in [0.15, 0.2) is 30.5 Å². The SMILES string of the molecule is CCCCN(C)CCC(=O)Nc1c(C#N)cnn1-c1cc(C)c2cccc(OC)c2n1. The van der Waals surface area contributed by atoms with E-state index in [0.717, 1.165) is 30.3 Å². The fraction of sp³-hybridized carbons (Fsp3) is 0.391. The van der Waals surface area contributed by atoms with Crippen LogP contribution < -0.4 is 10.1 Å². The second-order valence-electron chi connectivity index (χ2n) is 7.54. The molecule has 0 fully saturated rings. The number of fused-ring (bicyclic) bond motifs is 1. The molecule has 3 aromatic rings. The lowest BCUT2D eigenvalue weighted by molar-refractivity contribution is -0.116. The molecule has 31 heavy (non-hydrogen) atoms. The number of hydrogen-bond acceptors (Lipinski definition) is 6. The van der Waals surface area contributed by atoms with Gasteiger partial charge in [0.25, 0.3) is 0 Å². The van der Waals surface area contributed by atoms with Gasteiger partial charge in [-0.15, -0.1) is 0 Å². The summed E-state index contributed by atoms with van der Waals surface area (Å²) >= 11 is 0. The number of benzene rings is 1. The van der Waals surface area contributed by atoms with Crippen LogP contribution in [-0.4, -0.2) is 52.8 Å². The molecule has 0 spiro atoms. The van der Waals surface area contributed by atoms with Crippen molar-refractivity contribution in [3.63, 3.8) is 0 Å². The Morgan fingerprint density at radius 3 is 2.87 bits per heavy atom. The summed E-state index contributed by atoms with van der Waals surface area (Å²) in [6.45, 7) is 5.72. The van der Waals surface area contributed by atoms with E-state index in [1.165, 1.54) is 10.9 Å². The molecule has 0 radical (unpaired) electrons. The average Bonchev–Trinajstić information content (AvgIpc) is 3.18. The number of rotatable bonds is 9. The Morgan fingerprint density at radius 1 is 1.35 bits per heavy atom. The van der Waals surface area contributed by atoms with Crippen molar-refractivity contribution in [2.75, 3.05) is 32.6 Å². The zero-order valence-corrected chi connectivity index (χ0v) is 18.5. The summed E-state index contributed by atoms with van der Waals surface area (Å²) in [5.74, 6) is 1.31. The second-order valence-corrected chi connectivity index (χ2v) is 7.54. The molecule has 0 saturated carbocycles. The van der Waals surface area contributed by atoms with E-state index < -0.39 is 0 Å². The van der Waals surface area contributed by atoms with Crippen molar-refractivity contribution in [3.05, 3.63) is 41.6 Å². The number of nitriles is 1. The highest BCUT2D eigenvalue weighted by molar-refractivity contribution is 5.92. The fourth-order valence-corrected chi connectivity index (χ4v) is 3.40. The minimum absolute atomic E-state index is 0.170. The number of carbonyl (C=O) groups excluding carboxylic acids is 1. The third-order valence-corrected chi connectivity index (χ3v) is 5.19. The summed E-state index contributed by atoms with van der Waals surface area (Å²) in [7, 11) is 3.60. The van der Waals surface area contributed by atoms with Crippen molar-refractivity contribution in [3.8, 4) is 17.6 Å². The maximum absolute atomic E-state index is 12.6. The summed E-state index contributed by atoms with van der Waals surface area (Å²) in [4.78, 5) is 19.4. The van der Waals surface area contributed by atoms with Crippen molar-refractivity contribution in [1.29, 1.82) is 5.26 Å². The lowest BCUT2D eigenvalue weighted by Gasteiger charge is -2.16. The number of ether oxygens (including phenoxy) is 1. The summed E-state index contributed by atoms with van der Waals surface area (Å²) in [5.41, 5.74) is 1.97. The normalized spacial score (nSPS) is 11.0. The van der Waals surface area contributed by atoms with E-state index in [0.29, 0.717) is 35.9 Å². The summed E-state index contributed by atoms with van der Waals surface area (Å²) in [5, 5.41) is 17.7. The van der Waals surface area contributed by atoms with E-state index >= 15 is 0 Å². The average molecular weight is 421 g/mol. The molecule has 0 unspecified atom stereocenters. The number of methoxy groups -OCH3 is 1. The number of hydrogen-bond donors (Lipinski definition) is 1. The molecule has 0 bridgehead atoms. The first kappa shape index (κ1) is 22.2. The van der Waals surface area contributed by atoms with Crippen molar-refractivity contribution < 1.29 is 9.53 Å². The van der Waals surface area contributed by atoms with Gasteiger partial charge in [-0.05, 0) is 44.6 Å². The highest BCUT2D eigenvalue weighted by atomic mass is 16.5. The van der Waals surface area contributed by atoms with Gasteiger partial charge in [0, 0.05) is 18.4 Å². The van der Waals surface area contributed by atoms with Gasteiger partial charge in [-0.1, -0.05) is 25.5 Å². The minimum Gasteiger partial charge on any atom is -0.494 e. The first-order valence-corrected chi connectivity index (χ1v) is 10.4. The molecule has 0 saturated heterocycles. The first-order chi connectivity index (χ1) is 15.0. The summed E-state index contributed by atoms with van der Waals surface area (Å²) in [6, 6.07) is 9.72. The molecule has 0 atom stereocenters. The van der Waals surface area contributed by atoms with Crippen LogP contribution in [0.5, 0.6) is 5.75 Å². The van der Waals surface area contributed by atoms with Crippen LogP contribution in [0.4, 0.5) is 5.82 Å². The van der Waals surface area contributed by atoms with E-state index in [2.05, 4.69) is 28.3 Å². The van der Waals surface area contributed by atoms with Crippen molar-refractivity contribution in [2.24, 2.45) is 0 Å². The largest absolute Gasteiger partial charge is 0.494 e. The molecule has 8 heteroatoms. The van der Waals surface area contributed by atoms with Crippen LogP contribution in [0.1, 0.15) is 37.3 Å². The van der Waals surface area contributed by atoms with Gasteiger partial charge in [0.05, 0.1) is 13.3 Å². The second kappa shape index (κ2) is 10.0. The molecule has 1 aromatic carbocycles. The number of nitrogens with zero attached hydrogens (tertiary/aromatic N) is 5. The Kier molecular flexibility index (Phi) is 7.21. The van der Waals surface area contributed by atoms with Gasteiger partial charge in [0.1, 0.15) is 22.9 Å². The van der Waals surface area contributed by atoms with E-state index in [1.54, 1.807) is 7.11 Å². The maximum Gasteiger partial charge on any atom is 0.226 e. The van der Waals surface area contributed by atoms with Gasteiger partial charge in [-0.25, -0.2) is 4.98 Å². The van der Waals surface area contributed by atoms with Crippen LogP contribution in [0.3, 0.4) is 0 Å². The number of amides is 1. The van der Waals surface area contributed by atoms with Gasteiger partial charge in [0.15, 0.2) is 11.6 Å². The Bertz CT molecular complexity index is 1120. The van der Waals surface area contributed by atoms with Crippen molar-refractivity contribution in [2.45, 2.75) is 33.1 Å². The van der Waals surface area contributed by atoms with Gasteiger partial charge < -0.3 is 15.0 Å². The standard InChI is InChI=1S/C23H28N6O2/c1-5-6-11-28(3)12-10-21(30)27-23-17(14-24)15-25-29(23)20-13-16(2)18-8-7-9-19(31-4)22(18)26-20/h7-9,13,15H,5-6,10-12H2,1-4H3,(H,27,30). The van der Waals surface area contributed by atoms with Gasteiger partial charge >= 0.3 is 0 Å². The smallest absolute Gasteiger partial charge is 0.226 e. The monoisotopic (exact) mass is 420 g/mol. The van der Waals surface area contributed by atoms with E-state index in [9.17, 15) is 10.1 Å². The van der Waals surface area contributed by atoms with Gasteiger partial charge in [0.2, 0.25) is 5.91 Å². The molecule has 1 amide bonds. The number of nitrogens with one attached hydrogen (secondary N) is 1. The van der Waals surface area contributed by atoms with E-state index in [1.807, 2.05) is 38.2 Å². The Hall–Kier alpha value is -3.44. The number of para-hydroxylation sites is 1. The lowest BCUT2D eigenvalue weighted by Crippen LogP contribution is -2.26. The van der Waals surface area contributed by atoms with Crippen molar-refractivity contribution >= 4 is 22.6 Å². The number of carbonyl (C=O) groups is 1. The number of anilines is 1. The quantitative estimate of drug-likeness (QED) is 0.567. The molecular formula is C23H28N6O2. The topological polar surface area (TPSA) is 96.1 Å². The molecule has 162 valence electrons. The van der Waals surface area contributed by atoms with Crippen LogP contribution in [0.2, 0.25) is 0 Å². The zero-order chi connectivity index (χ0) is 22.4. The Morgan fingerprint density at radius 2 is 2.16 bits per heavy atom. The molecule has 2 aromatic heterocycles. The number of pyridine rings is 1. The van der Waals surface area contributed by atoms with Crippen LogP contribution in [0.25, 0.3) is 16.7 Å². The molecule has 8 nitrogen and oxygen atoms in total. The lowest BCUT2D eigenvalue weighted by atomic mass is 10.1. The maximum atomic E-state index is 12.6. The van der Waals surface area contributed by atoms with Crippen LogP contribution in [0, 0.1) is 18.3 Å². The van der Waals surface area contributed by atoms with Crippen LogP contribution >= 0.6 is 0 Å². The summed E-state index contributed by atoms with van der Waals surface area (Å²) in [6.07, 6.45) is 3.98. The molecule has 0 aliphatic heterocycles. The third-order valence-electron chi connectivity index (χ3n) is 5.19. The first-order valence-electron chi connectivity index (χ1n) is 10.4. The van der Waals surface area contributed by atoms with Gasteiger partial charge in [-0.2, -0.15) is 15.0 Å². The summed E-state index contributed by atoms with van der Waals surface area (Å²) < 4.78 is 6.95. The minimum atomic E-state index is -0.170. The predicted octanol–water partition coefficient (Wildman–Crippen LogP) is 3.67. The van der Waals surface area contributed by atoms with Crippen LogP contribution in [-0.2, 0) is 4.79 Å². The molecule has 0 aliphatic carbocycles. The molecule has 0 aliphatic rings. The van der Waals surface area contributed by atoms with E-state index in [4.69, 9.17) is 9.72 Å². The van der Waals surface area contributed by atoms with Crippen molar-refractivity contribution in [1.82, 2.24) is 19.7 Å². The fourth-order valence-electron chi connectivity index (χ4n) is 3.40. The molecular weight excluding hydrogens is 392 g/mol. The number of unbranched alkanes of at least 4 members (excludes halogenated alkanes) is 1. The zero-order valence-electron chi connectivity index (χ0n) is 18.5. The predicted molar refractivity (Wildman–Crippen MR) is 121 cm³/mol. The Balaban J connectivity index is 1.90. The number of aromatic nitrogens is 3. The highest BCUT2D eigenvalue weighted by Gasteiger charge is 2.18. The highest BCUT2D eigenvalue weighted by Crippen LogP contribution is 2.29. The molecule has 1 N–H and O–H groups in total. The van der Waals surface area contributed by atoms with Gasteiger partial charge in [-0.3, -0.25) is 4.79 Å². The molecule has 2 heterocycles. The number of aryl methyl sites for hydroxylation is 1. The molecule has 3 rings (SSSR count).